The van der Waals surface area contributed by atoms with Crippen molar-refractivity contribution in [3.8, 4) is 23.7 Å². The Morgan fingerprint density at radius 1 is 0.762 bits per heavy atom. The molecule has 0 radical (unpaired) electrons. The molecule has 21 heavy (non-hydrogen) atoms. The predicted molar refractivity (Wildman–Crippen MR) is 83.0 cm³/mol. The first kappa shape index (κ1) is 16.0. The Hall–Kier alpha value is -3.10. The van der Waals surface area contributed by atoms with Gasteiger partial charge in [-0.05, 0) is 54.5 Å². The van der Waals surface area contributed by atoms with E-state index in [0.29, 0.717) is 6.29 Å². The maximum Gasteiger partial charge on any atom is 0.193 e. The normalized spacial score (nSPS) is 8.05. The lowest BCUT2D eigenvalue weighted by Crippen LogP contribution is -1.79. The zero-order chi connectivity index (χ0) is 15.5. The van der Waals surface area contributed by atoms with E-state index in [9.17, 15) is 9.18 Å². The second-order valence-corrected chi connectivity index (χ2v) is 3.72. The zero-order valence-electron chi connectivity index (χ0n) is 11.4. The molecular formula is C19H13FO. The van der Waals surface area contributed by atoms with Gasteiger partial charge in [0.05, 0.1) is 0 Å². The molecule has 2 heteroatoms. The molecule has 2 rings (SSSR count). The van der Waals surface area contributed by atoms with Gasteiger partial charge < -0.3 is 0 Å². The van der Waals surface area contributed by atoms with Crippen LogP contribution in [0.2, 0.25) is 0 Å². The van der Waals surface area contributed by atoms with Crippen LogP contribution in [0.25, 0.3) is 0 Å². The summed E-state index contributed by atoms with van der Waals surface area (Å²) >= 11 is 0. The molecule has 0 heterocycles. The quantitative estimate of drug-likeness (QED) is 0.408. The molecular weight excluding hydrogens is 263 g/mol. The van der Waals surface area contributed by atoms with Crippen LogP contribution in [0, 0.1) is 29.5 Å². The third-order valence-corrected chi connectivity index (χ3v) is 2.36. The van der Waals surface area contributed by atoms with Crippen molar-refractivity contribution < 1.29 is 9.18 Å². The number of hydrogen-bond acceptors (Lipinski definition) is 1. The van der Waals surface area contributed by atoms with Crippen LogP contribution in [0.4, 0.5) is 4.39 Å². The molecule has 0 aliphatic heterocycles. The lowest BCUT2D eigenvalue weighted by molar-refractivity contribution is -0.103. The van der Waals surface area contributed by atoms with Crippen molar-refractivity contribution >= 4 is 6.29 Å². The smallest absolute Gasteiger partial charge is 0.193 e. The van der Waals surface area contributed by atoms with Gasteiger partial charge in [0.2, 0.25) is 0 Å². The second kappa shape index (κ2) is 8.91. The van der Waals surface area contributed by atoms with Gasteiger partial charge in [-0.25, -0.2) is 4.39 Å². The van der Waals surface area contributed by atoms with E-state index in [4.69, 9.17) is 0 Å². The van der Waals surface area contributed by atoms with E-state index < -0.39 is 0 Å². The van der Waals surface area contributed by atoms with Crippen LogP contribution >= 0.6 is 0 Å². The zero-order valence-corrected chi connectivity index (χ0v) is 11.4. The Bertz CT molecular complexity index is 705. The topological polar surface area (TPSA) is 17.1 Å². The molecule has 2 aromatic carbocycles. The Labute approximate surface area is 124 Å². The molecule has 0 fully saturated rings. The third-order valence-electron chi connectivity index (χ3n) is 2.36. The number of hydrogen-bond donors (Lipinski definition) is 0. The summed E-state index contributed by atoms with van der Waals surface area (Å²) in [7, 11) is 0. The van der Waals surface area contributed by atoms with Crippen molar-refractivity contribution in [3.63, 3.8) is 0 Å². The highest BCUT2D eigenvalue weighted by Gasteiger charge is 1.90. The van der Waals surface area contributed by atoms with Gasteiger partial charge in [0, 0.05) is 16.7 Å². The molecule has 0 bridgehead atoms. The summed E-state index contributed by atoms with van der Waals surface area (Å²) in [5, 5.41) is 0. The van der Waals surface area contributed by atoms with Crippen molar-refractivity contribution in [1.29, 1.82) is 0 Å². The van der Waals surface area contributed by atoms with Gasteiger partial charge in [-0.15, -0.1) is 13.2 Å². The van der Waals surface area contributed by atoms with Crippen LogP contribution in [0.3, 0.4) is 0 Å². The Kier molecular flexibility index (Phi) is 6.77. The molecule has 0 saturated carbocycles. The van der Waals surface area contributed by atoms with Crippen LogP contribution < -0.4 is 0 Å². The van der Waals surface area contributed by atoms with E-state index in [-0.39, 0.29) is 5.82 Å². The molecule has 1 nitrogen and oxygen atoms in total. The van der Waals surface area contributed by atoms with Gasteiger partial charge in [-0.3, -0.25) is 4.79 Å². The summed E-state index contributed by atoms with van der Waals surface area (Å²) in [6.45, 7) is 6.00. The van der Waals surface area contributed by atoms with E-state index in [1.807, 2.05) is 12.1 Å². The van der Waals surface area contributed by atoms with E-state index >= 15 is 0 Å². The summed E-state index contributed by atoms with van der Waals surface area (Å²) in [6.07, 6.45) is 0.558. The number of halogens is 1. The van der Waals surface area contributed by atoms with E-state index in [1.54, 1.807) is 24.3 Å². The molecule has 0 aliphatic carbocycles. The van der Waals surface area contributed by atoms with Crippen LogP contribution in [0.15, 0.2) is 61.7 Å². The van der Waals surface area contributed by atoms with Crippen LogP contribution in [0.1, 0.15) is 16.7 Å². The SMILES string of the molecule is C=C.O=CC#Cc1ccc(C#Cc2ccc(F)cc2)cc1. The monoisotopic (exact) mass is 276 g/mol. The van der Waals surface area contributed by atoms with Crippen LogP contribution in [-0.2, 0) is 4.79 Å². The van der Waals surface area contributed by atoms with Crippen LogP contribution in [0.5, 0.6) is 0 Å². The first-order chi connectivity index (χ1) is 10.3. The minimum absolute atomic E-state index is 0.274. The molecule has 0 aliphatic rings. The molecule has 0 unspecified atom stereocenters. The fourth-order valence-corrected chi connectivity index (χ4v) is 1.43. The number of carbonyl (C=O) groups excluding carboxylic acids is 1. The first-order valence-corrected chi connectivity index (χ1v) is 6.11. The molecule has 0 spiro atoms. The molecule has 2 aromatic rings. The largest absolute Gasteiger partial charge is 0.289 e. The minimum atomic E-state index is -0.274. The van der Waals surface area contributed by atoms with Gasteiger partial charge in [0.25, 0.3) is 0 Å². The highest BCUT2D eigenvalue weighted by Crippen LogP contribution is 2.04. The van der Waals surface area contributed by atoms with Crippen molar-refractivity contribution in [2.45, 2.75) is 0 Å². The van der Waals surface area contributed by atoms with Crippen molar-refractivity contribution in [3.05, 3.63) is 84.2 Å². The molecule has 0 N–H and O–H groups in total. The molecule has 0 saturated heterocycles. The fourth-order valence-electron chi connectivity index (χ4n) is 1.43. The lowest BCUT2D eigenvalue weighted by atomic mass is 10.1. The maximum absolute atomic E-state index is 12.7. The second-order valence-electron chi connectivity index (χ2n) is 3.72. The van der Waals surface area contributed by atoms with E-state index in [1.165, 1.54) is 12.1 Å². The Morgan fingerprint density at radius 2 is 1.14 bits per heavy atom. The summed E-state index contributed by atoms with van der Waals surface area (Å²) in [5.74, 6) is 10.7. The van der Waals surface area contributed by atoms with Crippen molar-refractivity contribution in [2.75, 3.05) is 0 Å². The van der Waals surface area contributed by atoms with Crippen molar-refractivity contribution in [2.24, 2.45) is 0 Å². The van der Waals surface area contributed by atoms with Crippen molar-refractivity contribution in [1.82, 2.24) is 0 Å². The fraction of sp³-hybridized carbons (Fsp3) is 0. The predicted octanol–water partition coefficient (Wildman–Crippen LogP) is 3.58. The Balaban J connectivity index is 0.00000106. The average Bonchev–Trinajstić information content (AvgIpc) is 2.55. The average molecular weight is 276 g/mol. The first-order valence-electron chi connectivity index (χ1n) is 6.11. The summed E-state index contributed by atoms with van der Waals surface area (Å²) < 4.78 is 12.7. The summed E-state index contributed by atoms with van der Waals surface area (Å²) in [6, 6.07) is 13.3. The maximum atomic E-state index is 12.7. The van der Waals surface area contributed by atoms with E-state index in [2.05, 4.69) is 36.8 Å². The molecule has 0 amide bonds. The third kappa shape index (κ3) is 5.59. The van der Waals surface area contributed by atoms with Gasteiger partial charge in [-0.1, -0.05) is 17.8 Å². The van der Waals surface area contributed by atoms with E-state index in [0.717, 1.165) is 16.7 Å². The van der Waals surface area contributed by atoms with Gasteiger partial charge in [0.15, 0.2) is 6.29 Å². The van der Waals surface area contributed by atoms with Crippen LogP contribution in [-0.4, -0.2) is 6.29 Å². The number of aldehydes is 1. The summed E-state index contributed by atoms with van der Waals surface area (Å²) in [5.41, 5.74) is 2.35. The molecule has 0 atom stereocenters. The number of rotatable bonds is 0. The molecule has 0 aromatic heterocycles. The molecule has 102 valence electrons. The highest BCUT2D eigenvalue weighted by atomic mass is 19.1. The van der Waals surface area contributed by atoms with Gasteiger partial charge in [-0.2, -0.15) is 0 Å². The number of carbonyl (C=O) groups is 1. The minimum Gasteiger partial charge on any atom is -0.289 e. The van der Waals surface area contributed by atoms with Gasteiger partial charge >= 0.3 is 0 Å². The highest BCUT2D eigenvalue weighted by molar-refractivity contribution is 5.74. The van der Waals surface area contributed by atoms with Gasteiger partial charge in [0.1, 0.15) is 5.82 Å². The summed E-state index contributed by atoms with van der Waals surface area (Å²) in [4.78, 5) is 10.1. The standard InChI is InChI=1S/C17H9FO.C2H4/c18-17-11-9-16(10-12-17)8-7-15-5-3-14(4-6-15)2-1-13-19;1-2/h3-6,9-13H;1-2H2. The number of benzene rings is 2. The Morgan fingerprint density at radius 3 is 1.57 bits per heavy atom. The lowest BCUT2D eigenvalue weighted by Gasteiger charge is -1.92.